The molecule has 0 aliphatic heterocycles. The van der Waals surface area contributed by atoms with Crippen LogP contribution in [-0.4, -0.2) is 53.9 Å². The highest BCUT2D eigenvalue weighted by Gasteiger charge is 2.37. The van der Waals surface area contributed by atoms with E-state index in [1.54, 1.807) is 0 Å². The van der Waals surface area contributed by atoms with Crippen LogP contribution in [-0.2, 0) is 22.4 Å². The number of nitrogens with one attached hydrogen (secondary N) is 3. The number of benzene rings is 2. The van der Waals surface area contributed by atoms with E-state index in [1.165, 1.54) is 16.5 Å². The Balaban J connectivity index is 1.17. The number of fused-ring (bicyclic) bond motifs is 1. The van der Waals surface area contributed by atoms with E-state index < -0.39 is 0 Å². The molecule has 2 amide bonds. The van der Waals surface area contributed by atoms with Crippen LogP contribution in [0.4, 0.5) is 0 Å². The highest BCUT2D eigenvalue weighted by atomic mass is 35.5. The number of rotatable bonds is 10. The second-order valence-electron chi connectivity index (χ2n) is 10.2. The molecule has 36 heavy (non-hydrogen) atoms. The molecule has 6 nitrogen and oxygen atoms in total. The molecule has 1 saturated carbocycles. The van der Waals surface area contributed by atoms with Crippen molar-refractivity contribution in [2.24, 2.45) is 0 Å². The summed E-state index contributed by atoms with van der Waals surface area (Å²) >= 11 is 6.05. The maximum Gasteiger partial charge on any atom is 0.220 e. The van der Waals surface area contributed by atoms with Gasteiger partial charge in [0.1, 0.15) is 0 Å². The summed E-state index contributed by atoms with van der Waals surface area (Å²) in [7, 11) is 4.29. The summed E-state index contributed by atoms with van der Waals surface area (Å²) in [6.45, 7) is 0.561. The average molecular weight is 509 g/mol. The Kier molecular flexibility index (Phi) is 8.70. The molecule has 3 aromatic rings. The fourth-order valence-electron chi connectivity index (χ4n) is 5.35. The molecule has 7 heteroatoms. The first-order chi connectivity index (χ1) is 17.3. The number of likely N-dealkylation sites (N-methyl/N-ethyl adjacent to an activating group) is 1. The van der Waals surface area contributed by atoms with Gasteiger partial charge in [0.05, 0.1) is 0 Å². The molecule has 1 aliphatic carbocycles. The largest absolute Gasteiger partial charge is 0.361 e. The maximum atomic E-state index is 12.5. The van der Waals surface area contributed by atoms with E-state index in [4.69, 9.17) is 11.6 Å². The minimum atomic E-state index is -0.0803. The molecule has 1 aromatic heterocycles. The monoisotopic (exact) mass is 508 g/mol. The SMILES string of the molecule is CN(C)C1(Cc2ccc(Cl)cc2)CCC(NC(=O)CCC(=O)NCCc2c[nH]c3ccccc23)CC1. The number of amides is 2. The Bertz CT molecular complexity index is 1160. The van der Waals surface area contributed by atoms with Crippen molar-refractivity contribution < 1.29 is 9.59 Å². The van der Waals surface area contributed by atoms with Crippen molar-refractivity contribution in [2.45, 2.75) is 62.9 Å². The van der Waals surface area contributed by atoms with Crippen LogP contribution in [0.15, 0.2) is 54.7 Å². The number of para-hydroxylation sites is 1. The number of carbonyl (C=O) groups is 2. The number of carbonyl (C=O) groups excluding carboxylic acids is 2. The van der Waals surface area contributed by atoms with Crippen LogP contribution >= 0.6 is 11.6 Å². The van der Waals surface area contributed by atoms with Crippen molar-refractivity contribution in [3.05, 3.63) is 70.9 Å². The molecule has 0 atom stereocenters. The summed E-state index contributed by atoms with van der Waals surface area (Å²) in [6.07, 6.45) is 8.06. The number of hydrogen-bond donors (Lipinski definition) is 3. The van der Waals surface area contributed by atoms with E-state index in [-0.39, 0.29) is 36.2 Å². The molecule has 1 heterocycles. The van der Waals surface area contributed by atoms with Gasteiger partial charge in [0, 0.05) is 53.1 Å². The molecule has 2 aromatic carbocycles. The summed E-state index contributed by atoms with van der Waals surface area (Å²) in [4.78, 5) is 30.4. The first kappa shape index (κ1) is 26.2. The van der Waals surface area contributed by atoms with Crippen molar-refractivity contribution in [1.82, 2.24) is 20.5 Å². The predicted octanol–water partition coefficient (Wildman–Crippen LogP) is 4.86. The van der Waals surface area contributed by atoms with Gasteiger partial charge in [-0.1, -0.05) is 41.9 Å². The lowest BCUT2D eigenvalue weighted by atomic mass is 9.75. The fourth-order valence-corrected chi connectivity index (χ4v) is 5.48. The predicted molar refractivity (Wildman–Crippen MR) is 146 cm³/mol. The van der Waals surface area contributed by atoms with Crippen LogP contribution < -0.4 is 10.6 Å². The Labute approximate surface area is 218 Å². The van der Waals surface area contributed by atoms with Crippen LogP contribution in [0.2, 0.25) is 5.02 Å². The lowest BCUT2D eigenvalue weighted by Gasteiger charge is -2.45. The van der Waals surface area contributed by atoms with Crippen LogP contribution in [0.25, 0.3) is 10.9 Å². The zero-order valence-corrected chi connectivity index (χ0v) is 22.0. The van der Waals surface area contributed by atoms with Crippen molar-refractivity contribution in [1.29, 1.82) is 0 Å². The minimum Gasteiger partial charge on any atom is -0.361 e. The van der Waals surface area contributed by atoms with E-state index in [2.05, 4.69) is 52.8 Å². The van der Waals surface area contributed by atoms with Crippen molar-refractivity contribution in [3.63, 3.8) is 0 Å². The second-order valence-corrected chi connectivity index (χ2v) is 10.7. The summed E-state index contributed by atoms with van der Waals surface area (Å²) in [6, 6.07) is 16.4. The average Bonchev–Trinajstić information content (AvgIpc) is 3.28. The molecule has 1 fully saturated rings. The number of hydrogen-bond acceptors (Lipinski definition) is 3. The quantitative estimate of drug-likeness (QED) is 0.366. The lowest BCUT2D eigenvalue weighted by molar-refractivity contribution is -0.127. The van der Waals surface area contributed by atoms with Gasteiger partial charge in [0.15, 0.2) is 0 Å². The molecule has 0 spiro atoms. The van der Waals surface area contributed by atoms with Crippen molar-refractivity contribution in [3.8, 4) is 0 Å². The molecule has 0 saturated heterocycles. The van der Waals surface area contributed by atoms with Gasteiger partial charge >= 0.3 is 0 Å². The minimum absolute atomic E-state index is 0.0400. The van der Waals surface area contributed by atoms with E-state index >= 15 is 0 Å². The Morgan fingerprint density at radius 1 is 1.03 bits per heavy atom. The number of aromatic nitrogens is 1. The van der Waals surface area contributed by atoms with E-state index in [1.807, 2.05) is 36.5 Å². The smallest absolute Gasteiger partial charge is 0.220 e. The van der Waals surface area contributed by atoms with Gasteiger partial charge < -0.3 is 20.5 Å². The number of halogens is 1. The third-order valence-corrected chi connectivity index (χ3v) is 7.90. The third-order valence-electron chi connectivity index (χ3n) is 7.65. The molecule has 1 aliphatic rings. The standard InChI is InChI=1S/C29H37ClN4O2/c1-34(2)29(19-21-7-9-23(30)10-8-21)16-13-24(14-17-29)33-28(36)12-11-27(35)31-18-15-22-20-32-26-6-4-3-5-25(22)26/h3-10,20,24,32H,11-19H2,1-2H3,(H,31,35)(H,33,36). The lowest BCUT2D eigenvalue weighted by Crippen LogP contribution is -2.52. The van der Waals surface area contributed by atoms with Gasteiger partial charge in [0.25, 0.3) is 0 Å². The van der Waals surface area contributed by atoms with Crippen LogP contribution in [0.5, 0.6) is 0 Å². The fraction of sp³-hybridized carbons (Fsp3) is 0.448. The number of nitrogens with zero attached hydrogens (tertiary/aromatic N) is 1. The van der Waals surface area contributed by atoms with Crippen molar-refractivity contribution in [2.75, 3.05) is 20.6 Å². The first-order valence-electron chi connectivity index (χ1n) is 12.9. The van der Waals surface area contributed by atoms with Crippen LogP contribution in [0.1, 0.15) is 49.7 Å². The molecule has 3 N–H and O–H groups in total. The Morgan fingerprint density at radius 2 is 1.72 bits per heavy atom. The Hall–Kier alpha value is -2.83. The molecule has 192 valence electrons. The summed E-state index contributed by atoms with van der Waals surface area (Å²) in [5, 5.41) is 8.05. The normalized spacial score (nSPS) is 19.9. The molecule has 4 rings (SSSR count). The molecule has 0 unspecified atom stereocenters. The maximum absolute atomic E-state index is 12.5. The topological polar surface area (TPSA) is 77.2 Å². The van der Waals surface area contributed by atoms with Gasteiger partial charge in [-0.25, -0.2) is 0 Å². The second kappa shape index (κ2) is 11.9. The molecular weight excluding hydrogens is 472 g/mol. The zero-order valence-electron chi connectivity index (χ0n) is 21.3. The first-order valence-corrected chi connectivity index (χ1v) is 13.3. The summed E-state index contributed by atoms with van der Waals surface area (Å²) in [5.74, 6) is -0.120. The third kappa shape index (κ3) is 6.68. The summed E-state index contributed by atoms with van der Waals surface area (Å²) < 4.78 is 0. The van der Waals surface area contributed by atoms with E-state index in [0.717, 1.165) is 49.1 Å². The van der Waals surface area contributed by atoms with E-state index in [0.29, 0.717) is 6.54 Å². The van der Waals surface area contributed by atoms with Gasteiger partial charge in [0.2, 0.25) is 11.8 Å². The number of H-pyrrole nitrogens is 1. The van der Waals surface area contributed by atoms with Crippen LogP contribution in [0, 0.1) is 0 Å². The van der Waals surface area contributed by atoms with Gasteiger partial charge in [-0.05, 0) is 81.9 Å². The van der Waals surface area contributed by atoms with Crippen molar-refractivity contribution >= 4 is 34.3 Å². The molecule has 0 bridgehead atoms. The molecular formula is C29H37ClN4O2. The highest BCUT2D eigenvalue weighted by Crippen LogP contribution is 2.35. The van der Waals surface area contributed by atoms with Gasteiger partial charge in [-0.15, -0.1) is 0 Å². The zero-order chi connectivity index (χ0) is 25.5. The summed E-state index contributed by atoms with van der Waals surface area (Å²) in [5.41, 5.74) is 3.66. The molecule has 0 radical (unpaired) electrons. The van der Waals surface area contributed by atoms with Crippen LogP contribution in [0.3, 0.4) is 0 Å². The number of aromatic amines is 1. The Morgan fingerprint density at radius 3 is 2.44 bits per heavy atom. The van der Waals surface area contributed by atoms with E-state index in [9.17, 15) is 9.59 Å². The highest BCUT2D eigenvalue weighted by molar-refractivity contribution is 6.30. The van der Waals surface area contributed by atoms with Gasteiger partial charge in [-0.3, -0.25) is 9.59 Å². The van der Waals surface area contributed by atoms with Gasteiger partial charge in [-0.2, -0.15) is 0 Å².